The molecule has 0 saturated heterocycles. The van der Waals surface area contributed by atoms with E-state index in [1.54, 1.807) is 0 Å². The fourth-order valence-corrected chi connectivity index (χ4v) is 2.68. The van der Waals surface area contributed by atoms with E-state index in [2.05, 4.69) is 48.6 Å². The summed E-state index contributed by atoms with van der Waals surface area (Å²) in [6, 6.07) is 0. The fraction of sp³-hybridized carbons (Fsp3) is 0.333. The molecule has 0 aromatic heterocycles. The van der Waals surface area contributed by atoms with Gasteiger partial charge in [0.2, 0.25) is 0 Å². The van der Waals surface area contributed by atoms with Crippen molar-refractivity contribution in [2.24, 2.45) is 10.8 Å². The maximum atomic E-state index is 2.36. The molecule has 0 atom stereocenters. The number of rotatable bonds is 0. The van der Waals surface area contributed by atoms with Gasteiger partial charge in [0.1, 0.15) is 0 Å². The molecule has 0 aromatic rings. The molecule has 0 amide bonds. The summed E-state index contributed by atoms with van der Waals surface area (Å²) in [5, 5.41) is 0. The zero-order valence-electron chi connectivity index (χ0n) is 7.03. The van der Waals surface area contributed by atoms with Gasteiger partial charge in [-0.1, -0.05) is 48.6 Å². The summed E-state index contributed by atoms with van der Waals surface area (Å²) in [5.41, 5.74) is 0.715. The van der Waals surface area contributed by atoms with Gasteiger partial charge in [-0.15, -0.1) is 0 Å². The molecule has 3 aliphatic rings. The SMILES string of the molecule is C1=CC23C=CC=CC2(C=C1)CC3. The van der Waals surface area contributed by atoms with Gasteiger partial charge < -0.3 is 0 Å². The van der Waals surface area contributed by atoms with E-state index >= 15 is 0 Å². The zero-order valence-corrected chi connectivity index (χ0v) is 7.03. The Bertz CT molecular complexity index is 268. The first kappa shape index (κ1) is 6.47. The predicted octanol–water partition coefficient (Wildman–Crippen LogP) is 3.01. The molecule has 60 valence electrons. The third kappa shape index (κ3) is 0.523. The van der Waals surface area contributed by atoms with Crippen molar-refractivity contribution in [3.63, 3.8) is 0 Å². The van der Waals surface area contributed by atoms with E-state index in [1.807, 2.05) is 0 Å². The van der Waals surface area contributed by atoms with E-state index in [-0.39, 0.29) is 0 Å². The van der Waals surface area contributed by atoms with Crippen LogP contribution in [0.3, 0.4) is 0 Å². The Kier molecular flexibility index (Phi) is 0.982. The van der Waals surface area contributed by atoms with Crippen LogP contribution in [0.1, 0.15) is 12.8 Å². The molecule has 0 spiro atoms. The number of allylic oxidation sites excluding steroid dienone is 8. The van der Waals surface area contributed by atoms with Crippen LogP contribution < -0.4 is 0 Å². The lowest BCUT2D eigenvalue weighted by Gasteiger charge is -2.56. The Morgan fingerprint density at radius 2 is 0.917 bits per heavy atom. The summed E-state index contributed by atoms with van der Waals surface area (Å²) in [6.07, 6.45) is 20.8. The van der Waals surface area contributed by atoms with Gasteiger partial charge in [-0.2, -0.15) is 0 Å². The van der Waals surface area contributed by atoms with Crippen LogP contribution in [0, 0.1) is 10.8 Å². The molecule has 0 nitrogen and oxygen atoms in total. The highest BCUT2D eigenvalue weighted by Crippen LogP contribution is 2.63. The van der Waals surface area contributed by atoms with Crippen LogP contribution in [0.25, 0.3) is 0 Å². The largest absolute Gasteiger partial charge is 0.0734 e. The molecule has 0 heteroatoms. The molecule has 0 radical (unpaired) electrons. The molecule has 0 N–H and O–H groups in total. The van der Waals surface area contributed by atoms with Gasteiger partial charge in [-0.25, -0.2) is 0 Å². The Morgan fingerprint density at radius 3 is 1.17 bits per heavy atom. The van der Waals surface area contributed by atoms with Crippen LogP contribution >= 0.6 is 0 Å². The first-order chi connectivity index (χ1) is 5.87. The van der Waals surface area contributed by atoms with Gasteiger partial charge in [0, 0.05) is 10.8 Å². The van der Waals surface area contributed by atoms with E-state index in [9.17, 15) is 0 Å². The number of hydrogen-bond acceptors (Lipinski definition) is 0. The second-order valence-corrected chi connectivity index (χ2v) is 4.02. The molecule has 12 heavy (non-hydrogen) atoms. The highest BCUT2D eigenvalue weighted by atomic mass is 14.6. The van der Waals surface area contributed by atoms with Crippen molar-refractivity contribution in [1.82, 2.24) is 0 Å². The van der Waals surface area contributed by atoms with Gasteiger partial charge >= 0.3 is 0 Å². The van der Waals surface area contributed by atoms with Crippen molar-refractivity contribution >= 4 is 0 Å². The molecule has 3 aliphatic carbocycles. The lowest BCUT2D eigenvalue weighted by Crippen LogP contribution is -2.48. The first-order valence-corrected chi connectivity index (χ1v) is 4.61. The average molecular weight is 156 g/mol. The Labute approximate surface area is 73.0 Å². The zero-order chi connectivity index (χ0) is 8.07. The minimum absolute atomic E-state index is 0.358. The van der Waals surface area contributed by atoms with E-state index in [1.165, 1.54) is 12.8 Å². The van der Waals surface area contributed by atoms with Crippen molar-refractivity contribution in [3.05, 3.63) is 48.6 Å². The normalized spacial score (nSPS) is 46.7. The lowest BCUT2D eigenvalue weighted by atomic mass is 9.47. The highest BCUT2D eigenvalue weighted by molar-refractivity contribution is 5.43. The summed E-state index contributed by atoms with van der Waals surface area (Å²) < 4.78 is 0. The second kappa shape index (κ2) is 1.82. The van der Waals surface area contributed by atoms with Crippen LogP contribution in [-0.2, 0) is 0 Å². The van der Waals surface area contributed by atoms with Gasteiger partial charge in [0.15, 0.2) is 0 Å². The molecule has 1 fully saturated rings. The van der Waals surface area contributed by atoms with Crippen LogP contribution in [-0.4, -0.2) is 0 Å². The van der Waals surface area contributed by atoms with E-state index in [0.717, 1.165) is 0 Å². The van der Waals surface area contributed by atoms with Crippen LogP contribution in [0.15, 0.2) is 48.6 Å². The lowest BCUT2D eigenvalue weighted by molar-refractivity contribution is 0.0994. The van der Waals surface area contributed by atoms with Crippen molar-refractivity contribution in [1.29, 1.82) is 0 Å². The van der Waals surface area contributed by atoms with Crippen LogP contribution in [0.5, 0.6) is 0 Å². The quantitative estimate of drug-likeness (QED) is 0.505. The second-order valence-electron chi connectivity index (χ2n) is 4.02. The topological polar surface area (TPSA) is 0 Å². The fourth-order valence-electron chi connectivity index (χ4n) is 2.68. The van der Waals surface area contributed by atoms with Crippen molar-refractivity contribution in [2.45, 2.75) is 12.8 Å². The maximum absolute atomic E-state index is 2.36. The third-order valence-electron chi connectivity index (χ3n) is 3.62. The van der Waals surface area contributed by atoms with Crippen LogP contribution in [0.2, 0.25) is 0 Å². The minimum atomic E-state index is 0.358. The smallest absolute Gasteiger partial charge is 0.0194 e. The molecular weight excluding hydrogens is 144 g/mol. The van der Waals surface area contributed by atoms with Gasteiger partial charge in [-0.05, 0) is 12.8 Å². The van der Waals surface area contributed by atoms with E-state index in [4.69, 9.17) is 0 Å². The molecule has 0 heterocycles. The average Bonchev–Trinajstić information content (AvgIpc) is 2.09. The molecule has 1 saturated carbocycles. The molecule has 0 bridgehead atoms. The Hall–Kier alpha value is -1.04. The Morgan fingerprint density at radius 1 is 0.583 bits per heavy atom. The summed E-state index contributed by atoms with van der Waals surface area (Å²) in [5.74, 6) is 0. The summed E-state index contributed by atoms with van der Waals surface area (Å²) in [6.45, 7) is 0. The number of hydrogen-bond donors (Lipinski definition) is 0. The predicted molar refractivity (Wildman–Crippen MR) is 50.7 cm³/mol. The maximum Gasteiger partial charge on any atom is 0.0194 e. The highest BCUT2D eigenvalue weighted by Gasteiger charge is 2.54. The van der Waals surface area contributed by atoms with E-state index in [0.29, 0.717) is 10.8 Å². The van der Waals surface area contributed by atoms with Crippen LogP contribution in [0.4, 0.5) is 0 Å². The monoisotopic (exact) mass is 156 g/mol. The van der Waals surface area contributed by atoms with Gasteiger partial charge in [0.25, 0.3) is 0 Å². The first-order valence-electron chi connectivity index (χ1n) is 4.61. The standard InChI is InChI=1S/C12H12/c1-2-6-12-8-4-3-7-11(12,5-1)9-10-12/h1-8H,9-10H2. The van der Waals surface area contributed by atoms with Gasteiger partial charge in [0.05, 0.1) is 0 Å². The molecule has 0 unspecified atom stereocenters. The van der Waals surface area contributed by atoms with Gasteiger partial charge in [-0.3, -0.25) is 0 Å². The van der Waals surface area contributed by atoms with Crippen molar-refractivity contribution in [3.8, 4) is 0 Å². The van der Waals surface area contributed by atoms with Crippen molar-refractivity contribution in [2.75, 3.05) is 0 Å². The molecular formula is C12H12. The van der Waals surface area contributed by atoms with E-state index < -0.39 is 0 Å². The summed E-state index contributed by atoms with van der Waals surface area (Å²) in [4.78, 5) is 0. The third-order valence-corrected chi connectivity index (χ3v) is 3.62. The Balaban J connectivity index is 2.18. The molecule has 0 aromatic carbocycles. The molecule has 3 rings (SSSR count). The summed E-state index contributed by atoms with van der Waals surface area (Å²) in [7, 11) is 0. The minimum Gasteiger partial charge on any atom is -0.0734 e. The van der Waals surface area contributed by atoms with Crippen molar-refractivity contribution < 1.29 is 0 Å². The molecule has 0 aliphatic heterocycles. The summed E-state index contributed by atoms with van der Waals surface area (Å²) >= 11 is 0.